The Morgan fingerprint density at radius 1 is 1.08 bits per heavy atom. The zero-order chi connectivity index (χ0) is 17.4. The van der Waals surface area contributed by atoms with Gasteiger partial charge in [0.05, 0.1) is 6.04 Å². The first-order valence-electron chi connectivity index (χ1n) is 8.64. The quantitative estimate of drug-likeness (QED) is 0.776. The predicted molar refractivity (Wildman–Crippen MR) is 98.8 cm³/mol. The first-order chi connectivity index (χ1) is 12.1. The van der Waals surface area contributed by atoms with Crippen LogP contribution in [0.4, 0.5) is 0 Å². The van der Waals surface area contributed by atoms with Crippen molar-refractivity contribution in [2.75, 3.05) is 6.54 Å². The lowest BCUT2D eigenvalue weighted by molar-refractivity contribution is 0.0734. The van der Waals surface area contributed by atoms with E-state index >= 15 is 0 Å². The Morgan fingerprint density at radius 3 is 2.72 bits per heavy atom. The number of carbonyl (C=O) groups is 1. The van der Waals surface area contributed by atoms with Crippen LogP contribution in [0.1, 0.15) is 40.5 Å². The van der Waals surface area contributed by atoms with E-state index in [9.17, 15) is 9.59 Å². The van der Waals surface area contributed by atoms with Gasteiger partial charge in [0.2, 0.25) is 0 Å². The monoisotopic (exact) mass is 332 g/mol. The summed E-state index contributed by atoms with van der Waals surface area (Å²) >= 11 is 0. The summed E-state index contributed by atoms with van der Waals surface area (Å²) in [5.74, 6) is -0.184. The Bertz CT molecular complexity index is 1000. The van der Waals surface area contributed by atoms with Crippen LogP contribution in [0.5, 0.6) is 0 Å². The van der Waals surface area contributed by atoms with Crippen LogP contribution in [0.15, 0.2) is 59.4 Å². The number of amides is 1. The Hall–Kier alpha value is -2.88. The maximum absolute atomic E-state index is 13.0. The van der Waals surface area contributed by atoms with Crippen LogP contribution in [0.2, 0.25) is 0 Å². The second-order valence-corrected chi connectivity index (χ2v) is 6.61. The number of hydrogen-bond donors (Lipinski definition) is 1. The van der Waals surface area contributed by atoms with Gasteiger partial charge in [0.25, 0.3) is 11.5 Å². The maximum atomic E-state index is 13.0. The summed E-state index contributed by atoms with van der Waals surface area (Å²) in [6, 6.07) is 17.9. The van der Waals surface area contributed by atoms with Gasteiger partial charge in [0, 0.05) is 12.2 Å². The Kier molecular flexibility index (Phi) is 3.88. The van der Waals surface area contributed by atoms with E-state index in [0.29, 0.717) is 6.54 Å². The lowest BCUT2D eigenvalue weighted by Gasteiger charge is -2.26. The molecule has 1 N–H and O–H groups in total. The van der Waals surface area contributed by atoms with Gasteiger partial charge in [0.15, 0.2) is 0 Å². The smallest absolute Gasteiger partial charge is 0.260 e. The van der Waals surface area contributed by atoms with E-state index < -0.39 is 0 Å². The third kappa shape index (κ3) is 2.74. The van der Waals surface area contributed by atoms with E-state index in [1.165, 1.54) is 10.8 Å². The van der Waals surface area contributed by atoms with Gasteiger partial charge in [-0.2, -0.15) is 0 Å². The molecular weight excluding hydrogens is 312 g/mol. The molecule has 3 aromatic rings. The molecule has 1 atom stereocenters. The van der Waals surface area contributed by atoms with E-state index in [-0.39, 0.29) is 23.1 Å². The van der Waals surface area contributed by atoms with Gasteiger partial charge in [-0.05, 0) is 48.2 Å². The van der Waals surface area contributed by atoms with Crippen molar-refractivity contribution in [2.45, 2.75) is 25.8 Å². The molecule has 1 aliphatic heterocycles. The number of aromatic amines is 1. The molecule has 4 heteroatoms. The standard InChI is InChI=1S/C21H20N2O2/c1-14-11-12-18(20(24)22-14)21(25)23-13-5-10-19(23)17-9-4-7-15-6-2-3-8-16(15)17/h2-4,6-9,11-12,19H,5,10,13H2,1H3,(H,22,24). The number of nitrogens with zero attached hydrogens (tertiary/aromatic N) is 1. The highest BCUT2D eigenvalue weighted by Crippen LogP contribution is 2.36. The molecule has 0 radical (unpaired) electrons. The molecule has 1 aromatic heterocycles. The summed E-state index contributed by atoms with van der Waals surface area (Å²) in [6.45, 7) is 2.49. The highest BCUT2D eigenvalue weighted by Gasteiger charge is 2.32. The highest BCUT2D eigenvalue weighted by molar-refractivity contribution is 5.95. The minimum absolute atomic E-state index is 0.0132. The second-order valence-electron chi connectivity index (χ2n) is 6.61. The Labute approximate surface area is 146 Å². The molecule has 2 aromatic carbocycles. The normalized spacial score (nSPS) is 17.2. The maximum Gasteiger partial charge on any atom is 0.260 e. The molecule has 0 spiro atoms. The molecule has 4 rings (SSSR count). The van der Waals surface area contributed by atoms with Crippen molar-refractivity contribution in [3.63, 3.8) is 0 Å². The zero-order valence-electron chi connectivity index (χ0n) is 14.2. The van der Waals surface area contributed by atoms with Gasteiger partial charge in [0.1, 0.15) is 5.56 Å². The molecule has 126 valence electrons. The Balaban J connectivity index is 1.75. The fourth-order valence-corrected chi connectivity index (χ4v) is 3.77. The molecule has 1 fully saturated rings. The average Bonchev–Trinajstić information content (AvgIpc) is 3.10. The van der Waals surface area contributed by atoms with Crippen molar-refractivity contribution >= 4 is 16.7 Å². The summed E-state index contributed by atoms with van der Waals surface area (Å²) in [7, 11) is 0. The Morgan fingerprint density at radius 2 is 1.88 bits per heavy atom. The SMILES string of the molecule is Cc1ccc(C(=O)N2CCCC2c2cccc3ccccc23)c(=O)[nH]1. The van der Waals surface area contributed by atoms with Gasteiger partial charge in [-0.1, -0.05) is 42.5 Å². The topological polar surface area (TPSA) is 53.2 Å². The predicted octanol–water partition coefficient (Wildman–Crippen LogP) is 3.81. The van der Waals surface area contributed by atoms with E-state index in [2.05, 4.69) is 29.2 Å². The minimum atomic E-state index is -0.312. The number of pyridine rings is 1. The molecule has 1 aliphatic rings. The van der Waals surface area contributed by atoms with Gasteiger partial charge < -0.3 is 9.88 Å². The largest absolute Gasteiger partial charge is 0.331 e. The molecule has 0 aliphatic carbocycles. The van der Waals surface area contributed by atoms with Crippen LogP contribution in [-0.4, -0.2) is 22.3 Å². The molecule has 1 amide bonds. The van der Waals surface area contributed by atoms with Crippen LogP contribution >= 0.6 is 0 Å². The first kappa shape index (κ1) is 15.6. The van der Waals surface area contributed by atoms with Gasteiger partial charge in [-0.25, -0.2) is 0 Å². The van der Waals surface area contributed by atoms with Crippen molar-refractivity contribution in [2.24, 2.45) is 0 Å². The van der Waals surface area contributed by atoms with Crippen LogP contribution in [0.3, 0.4) is 0 Å². The summed E-state index contributed by atoms with van der Waals surface area (Å²) < 4.78 is 0. The number of benzene rings is 2. The number of aromatic nitrogens is 1. The molecule has 1 unspecified atom stereocenters. The summed E-state index contributed by atoms with van der Waals surface area (Å²) in [4.78, 5) is 29.8. The number of aryl methyl sites for hydroxylation is 1. The molecule has 0 saturated carbocycles. The van der Waals surface area contributed by atoms with Gasteiger partial charge in [-0.3, -0.25) is 9.59 Å². The summed E-state index contributed by atoms with van der Waals surface area (Å²) in [6.07, 6.45) is 1.87. The van der Waals surface area contributed by atoms with Crippen LogP contribution in [0.25, 0.3) is 10.8 Å². The number of H-pyrrole nitrogens is 1. The molecule has 25 heavy (non-hydrogen) atoms. The third-order valence-electron chi connectivity index (χ3n) is 4.98. The fourth-order valence-electron chi connectivity index (χ4n) is 3.77. The van der Waals surface area contributed by atoms with Crippen molar-refractivity contribution in [1.82, 2.24) is 9.88 Å². The number of hydrogen-bond acceptors (Lipinski definition) is 2. The average molecular weight is 332 g/mol. The third-order valence-corrected chi connectivity index (χ3v) is 4.98. The zero-order valence-corrected chi connectivity index (χ0v) is 14.2. The lowest BCUT2D eigenvalue weighted by atomic mass is 9.97. The van der Waals surface area contributed by atoms with Gasteiger partial charge >= 0.3 is 0 Å². The molecule has 4 nitrogen and oxygen atoms in total. The summed E-state index contributed by atoms with van der Waals surface area (Å²) in [5.41, 5.74) is 1.83. The van der Waals surface area contributed by atoms with Crippen molar-refractivity contribution in [1.29, 1.82) is 0 Å². The fraction of sp³-hybridized carbons (Fsp3) is 0.238. The van der Waals surface area contributed by atoms with Crippen molar-refractivity contribution in [3.8, 4) is 0 Å². The van der Waals surface area contributed by atoms with Crippen molar-refractivity contribution < 1.29 is 4.79 Å². The van der Waals surface area contributed by atoms with E-state index in [1.807, 2.05) is 30.0 Å². The van der Waals surface area contributed by atoms with E-state index in [4.69, 9.17) is 0 Å². The first-order valence-corrected chi connectivity index (χ1v) is 8.64. The highest BCUT2D eigenvalue weighted by atomic mass is 16.2. The van der Waals surface area contributed by atoms with E-state index in [0.717, 1.165) is 24.1 Å². The number of likely N-dealkylation sites (tertiary alicyclic amines) is 1. The molecule has 1 saturated heterocycles. The minimum Gasteiger partial charge on any atom is -0.331 e. The van der Waals surface area contributed by atoms with Crippen molar-refractivity contribution in [3.05, 3.63) is 81.8 Å². The second kappa shape index (κ2) is 6.20. The van der Waals surface area contributed by atoms with Crippen LogP contribution in [-0.2, 0) is 0 Å². The molecule has 2 heterocycles. The molecule has 0 bridgehead atoms. The van der Waals surface area contributed by atoms with Crippen LogP contribution < -0.4 is 5.56 Å². The van der Waals surface area contributed by atoms with E-state index in [1.54, 1.807) is 12.1 Å². The summed E-state index contributed by atoms with van der Waals surface area (Å²) in [5, 5.41) is 2.35. The van der Waals surface area contributed by atoms with Gasteiger partial charge in [-0.15, -0.1) is 0 Å². The lowest BCUT2D eigenvalue weighted by Crippen LogP contribution is -2.34. The number of fused-ring (bicyclic) bond motifs is 1. The number of rotatable bonds is 2. The number of carbonyl (C=O) groups excluding carboxylic acids is 1. The van der Waals surface area contributed by atoms with Crippen LogP contribution in [0, 0.1) is 6.92 Å². The number of nitrogens with one attached hydrogen (secondary N) is 1. The molecular formula is C21H20N2O2.